The Bertz CT molecular complexity index is 109. The summed E-state index contributed by atoms with van der Waals surface area (Å²) in [6.07, 6.45) is 2.95. The largest absolute Gasteiger partial charge is 0.300 e. The van der Waals surface area contributed by atoms with Gasteiger partial charge in [0.1, 0.15) is 0 Å². The van der Waals surface area contributed by atoms with Crippen LogP contribution in [0.1, 0.15) is 19.8 Å². The first kappa shape index (κ1) is 4.80. The molecule has 0 N–H and O–H groups in total. The maximum absolute atomic E-state index is 2.52. The number of hydrogen-bond donors (Lipinski definition) is 0. The Balaban J connectivity index is 2.08. The summed E-state index contributed by atoms with van der Waals surface area (Å²) in [5.74, 6) is 1.09. The summed E-state index contributed by atoms with van der Waals surface area (Å²) < 4.78 is 0. The van der Waals surface area contributed by atoms with Crippen LogP contribution in [0, 0.1) is 5.92 Å². The van der Waals surface area contributed by atoms with E-state index in [9.17, 15) is 0 Å². The van der Waals surface area contributed by atoms with Crippen molar-refractivity contribution in [1.29, 1.82) is 0 Å². The molecule has 0 aromatic rings. The normalized spacial score (nSPS) is 54.0. The van der Waals surface area contributed by atoms with Crippen LogP contribution in [0.3, 0.4) is 0 Å². The molecule has 1 saturated carbocycles. The number of likely N-dealkylation sites (tertiary alicyclic amines) is 1. The molecule has 1 aliphatic carbocycles. The third-order valence-corrected chi connectivity index (χ3v) is 2.75. The molecule has 1 saturated heterocycles. The second-order valence-electron chi connectivity index (χ2n) is 3.31. The maximum atomic E-state index is 2.52. The molecule has 0 bridgehead atoms. The average Bonchev–Trinajstić information content (AvgIpc) is 2.39. The van der Waals surface area contributed by atoms with E-state index in [4.69, 9.17) is 0 Å². The van der Waals surface area contributed by atoms with Gasteiger partial charge in [-0.3, -0.25) is 0 Å². The molecular weight excluding hydrogens is 98.1 g/mol. The number of hydrogen-bond acceptors (Lipinski definition) is 1. The molecule has 0 spiro atoms. The van der Waals surface area contributed by atoms with Gasteiger partial charge in [-0.05, 0) is 32.7 Å². The fourth-order valence-corrected chi connectivity index (χ4v) is 1.92. The quantitative estimate of drug-likeness (QED) is 0.452. The van der Waals surface area contributed by atoms with E-state index in [-0.39, 0.29) is 0 Å². The maximum Gasteiger partial charge on any atom is 0.0128 e. The average molecular weight is 111 g/mol. The molecule has 0 aromatic heterocycles. The molecule has 1 heterocycles. The van der Waals surface area contributed by atoms with E-state index in [1.807, 2.05) is 0 Å². The van der Waals surface area contributed by atoms with Gasteiger partial charge in [0.15, 0.2) is 0 Å². The molecular formula is C7H13N. The number of rotatable bonds is 0. The summed E-state index contributed by atoms with van der Waals surface area (Å²) >= 11 is 0. The minimum Gasteiger partial charge on any atom is -0.300 e. The van der Waals surface area contributed by atoms with Crippen LogP contribution >= 0.6 is 0 Å². The standard InChI is InChI=1S/C7H13N/c1-5-3-6-4-7(6)8(5)2/h5-7H,3-4H2,1-2H3. The van der Waals surface area contributed by atoms with Crippen LogP contribution in [0.15, 0.2) is 0 Å². The van der Waals surface area contributed by atoms with Gasteiger partial charge in [-0.2, -0.15) is 0 Å². The van der Waals surface area contributed by atoms with Crippen molar-refractivity contribution in [2.75, 3.05) is 7.05 Å². The van der Waals surface area contributed by atoms with E-state index in [0.29, 0.717) is 0 Å². The van der Waals surface area contributed by atoms with Gasteiger partial charge in [-0.25, -0.2) is 0 Å². The highest BCUT2D eigenvalue weighted by molar-refractivity contribution is 5.02. The number of fused-ring (bicyclic) bond motifs is 1. The highest BCUT2D eigenvalue weighted by Gasteiger charge is 2.48. The fraction of sp³-hybridized carbons (Fsp3) is 1.00. The summed E-state index contributed by atoms with van der Waals surface area (Å²) in [6, 6.07) is 1.86. The van der Waals surface area contributed by atoms with Gasteiger partial charge in [-0.15, -0.1) is 0 Å². The predicted octanol–water partition coefficient (Wildman–Crippen LogP) is 1.10. The lowest BCUT2D eigenvalue weighted by Gasteiger charge is -2.17. The predicted molar refractivity (Wildman–Crippen MR) is 33.7 cm³/mol. The van der Waals surface area contributed by atoms with Crippen molar-refractivity contribution in [2.45, 2.75) is 31.8 Å². The Labute approximate surface area is 50.7 Å². The van der Waals surface area contributed by atoms with E-state index in [2.05, 4.69) is 18.9 Å². The van der Waals surface area contributed by atoms with Crippen molar-refractivity contribution in [2.24, 2.45) is 5.92 Å². The van der Waals surface area contributed by atoms with E-state index in [1.54, 1.807) is 0 Å². The highest BCUT2D eigenvalue weighted by atomic mass is 15.2. The third kappa shape index (κ3) is 0.455. The number of piperidine rings is 1. The van der Waals surface area contributed by atoms with Crippen LogP contribution < -0.4 is 0 Å². The minimum atomic E-state index is 0.874. The smallest absolute Gasteiger partial charge is 0.0128 e. The van der Waals surface area contributed by atoms with Crippen molar-refractivity contribution in [1.82, 2.24) is 4.90 Å². The Morgan fingerprint density at radius 2 is 2.12 bits per heavy atom. The van der Waals surface area contributed by atoms with Crippen LogP contribution in [0.5, 0.6) is 0 Å². The molecule has 8 heavy (non-hydrogen) atoms. The lowest BCUT2D eigenvalue weighted by atomic mass is 10.2. The van der Waals surface area contributed by atoms with Gasteiger partial charge in [0.2, 0.25) is 0 Å². The molecule has 1 aliphatic heterocycles. The Morgan fingerprint density at radius 3 is 2.38 bits per heavy atom. The molecule has 2 rings (SSSR count). The Kier molecular flexibility index (Phi) is 0.762. The van der Waals surface area contributed by atoms with E-state index in [0.717, 1.165) is 18.0 Å². The van der Waals surface area contributed by atoms with Crippen LogP contribution in [0.25, 0.3) is 0 Å². The van der Waals surface area contributed by atoms with Crippen LogP contribution in [-0.4, -0.2) is 24.0 Å². The van der Waals surface area contributed by atoms with Gasteiger partial charge in [0.25, 0.3) is 0 Å². The van der Waals surface area contributed by atoms with Gasteiger partial charge in [-0.1, -0.05) is 0 Å². The zero-order chi connectivity index (χ0) is 5.72. The molecule has 1 heteroatoms. The SMILES string of the molecule is CC1CC2CC2N1C. The minimum absolute atomic E-state index is 0.874. The molecule has 0 radical (unpaired) electrons. The zero-order valence-electron chi connectivity index (χ0n) is 5.59. The Morgan fingerprint density at radius 1 is 1.38 bits per heavy atom. The molecule has 46 valence electrons. The second-order valence-corrected chi connectivity index (χ2v) is 3.31. The second kappa shape index (κ2) is 1.27. The lowest BCUT2D eigenvalue weighted by Crippen LogP contribution is -2.25. The number of nitrogens with zero attached hydrogens (tertiary/aromatic N) is 1. The van der Waals surface area contributed by atoms with Crippen molar-refractivity contribution in [3.8, 4) is 0 Å². The van der Waals surface area contributed by atoms with Gasteiger partial charge in [0, 0.05) is 12.1 Å². The summed E-state index contributed by atoms with van der Waals surface area (Å²) in [7, 11) is 2.25. The third-order valence-electron chi connectivity index (χ3n) is 2.75. The topological polar surface area (TPSA) is 3.24 Å². The van der Waals surface area contributed by atoms with Crippen LogP contribution in [0.2, 0.25) is 0 Å². The Hall–Kier alpha value is -0.0400. The van der Waals surface area contributed by atoms with Gasteiger partial charge >= 0.3 is 0 Å². The van der Waals surface area contributed by atoms with Crippen molar-refractivity contribution in [3.63, 3.8) is 0 Å². The van der Waals surface area contributed by atoms with Crippen molar-refractivity contribution in [3.05, 3.63) is 0 Å². The van der Waals surface area contributed by atoms with E-state index >= 15 is 0 Å². The summed E-state index contributed by atoms with van der Waals surface area (Å²) in [6.45, 7) is 2.33. The summed E-state index contributed by atoms with van der Waals surface area (Å²) in [5, 5.41) is 0. The zero-order valence-corrected chi connectivity index (χ0v) is 5.59. The first-order valence-electron chi connectivity index (χ1n) is 3.51. The van der Waals surface area contributed by atoms with Crippen molar-refractivity contribution < 1.29 is 0 Å². The van der Waals surface area contributed by atoms with Gasteiger partial charge in [0.05, 0.1) is 0 Å². The lowest BCUT2D eigenvalue weighted by molar-refractivity contribution is 0.286. The van der Waals surface area contributed by atoms with E-state index < -0.39 is 0 Å². The van der Waals surface area contributed by atoms with Gasteiger partial charge < -0.3 is 4.90 Å². The molecule has 0 amide bonds. The monoisotopic (exact) mass is 111 g/mol. The van der Waals surface area contributed by atoms with E-state index in [1.165, 1.54) is 12.8 Å². The molecule has 2 fully saturated rings. The first-order valence-corrected chi connectivity index (χ1v) is 3.51. The summed E-state index contributed by atoms with van der Waals surface area (Å²) in [5.41, 5.74) is 0. The first-order chi connectivity index (χ1) is 3.79. The molecule has 2 aliphatic rings. The molecule has 3 unspecified atom stereocenters. The molecule has 0 aromatic carbocycles. The van der Waals surface area contributed by atoms with Crippen LogP contribution in [-0.2, 0) is 0 Å². The van der Waals surface area contributed by atoms with Crippen molar-refractivity contribution >= 4 is 0 Å². The summed E-state index contributed by atoms with van der Waals surface area (Å²) in [4.78, 5) is 2.52. The fourth-order valence-electron chi connectivity index (χ4n) is 1.92. The molecule has 3 atom stereocenters. The highest BCUT2D eigenvalue weighted by Crippen LogP contribution is 2.46. The van der Waals surface area contributed by atoms with Crippen LogP contribution in [0.4, 0.5) is 0 Å². The molecule has 1 nitrogen and oxygen atoms in total.